The summed E-state index contributed by atoms with van der Waals surface area (Å²) in [7, 11) is 0. The van der Waals surface area contributed by atoms with Gasteiger partial charge >= 0.3 is 0 Å². The van der Waals surface area contributed by atoms with Crippen LogP contribution in [-0.2, 0) is 10.3 Å². The minimum absolute atomic E-state index is 0.423. The van der Waals surface area contributed by atoms with Crippen molar-refractivity contribution in [1.29, 1.82) is 0 Å². The molecule has 0 amide bonds. The molecule has 21 heavy (non-hydrogen) atoms. The molecule has 1 aromatic heterocycles. The van der Waals surface area contributed by atoms with Crippen LogP contribution in [0.25, 0.3) is 22.2 Å². The first kappa shape index (κ1) is 12.5. The first-order chi connectivity index (χ1) is 10.2. The van der Waals surface area contributed by atoms with Crippen molar-refractivity contribution in [1.82, 2.24) is 10.1 Å². The highest BCUT2D eigenvalue weighted by molar-refractivity contribution is 5.86. The minimum Gasteiger partial charge on any atom is -0.379 e. The molecule has 2 aromatic carbocycles. The molecular weight excluding hydrogens is 266 g/mol. The Balaban J connectivity index is 1.73. The van der Waals surface area contributed by atoms with E-state index in [0.717, 1.165) is 10.9 Å². The standard InChI is InChI=1S/C16H15N3O2/c17-16(7-8-20-10-16)15-18-14(19-21-15)13-6-5-11-3-1-2-4-12(11)9-13/h1-6,9H,7-8,10,17H2. The SMILES string of the molecule is NC1(c2nc(-c3ccc4ccccc4c3)no2)CCOC1. The average molecular weight is 281 g/mol. The minimum atomic E-state index is -0.651. The van der Waals surface area contributed by atoms with Crippen LogP contribution in [-0.4, -0.2) is 23.4 Å². The Morgan fingerprint density at radius 3 is 2.76 bits per heavy atom. The Kier molecular flexibility index (Phi) is 2.77. The molecule has 0 saturated carbocycles. The van der Waals surface area contributed by atoms with E-state index in [2.05, 4.69) is 34.4 Å². The number of rotatable bonds is 2. The predicted molar refractivity (Wildman–Crippen MR) is 78.5 cm³/mol. The lowest BCUT2D eigenvalue weighted by Crippen LogP contribution is -2.37. The summed E-state index contributed by atoms with van der Waals surface area (Å²) < 4.78 is 10.7. The molecule has 0 radical (unpaired) electrons. The van der Waals surface area contributed by atoms with Gasteiger partial charge in [-0.2, -0.15) is 4.98 Å². The Labute approximate surface area is 121 Å². The van der Waals surface area contributed by atoms with Gasteiger partial charge in [-0.25, -0.2) is 0 Å². The average Bonchev–Trinajstić information content (AvgIpc) is 3.17. The van der Waals surface area contributed by atoms with E-state index >= 15 is 0 Å². The second kappa shape index (κ2) is 4.65. The van der Waals surface area contributed by atoms with Crippen molar-refractivity contribution < 1.29 is 9.26 Å². The molecule has 5 nitrogen and oxygen atoms in total. The molecule has 1 aliphatic rings. The number of aromatic nitrogens is 2. The van der Waals surface area contributed by atoms with Gasteiger partial charge in [-0.1, -0.05) is 41.6 Å². The summed E-state index contributed by atoms with van der Waals surface area (Å²) in [5.74, 6) is 1.01. The summed E-state index contributed by atoms with van der Waals surface area (Å²) in [6.45, 7) is 1.05. The summed E-state index contributed by atoms with van der Waals surface area (Å²) in [6, 6.07) is 14.3. The van der Waals surface area contributed by atoms with Gasteiger partial charge in [-0.05, 0) is 23.3 Å². The van der Waals surface area contributed by atoms with Crippen molar-refractivity contribution in [3.63, 3.8) is 0 Å². The molecule has 0 aliphatic carbocycles. The molecule has 3 aromatic rings. The lowest BCUT2D eigenvalue weighted by Gasteiger charge is -2.14. The zero-order valence-electron chi connectivity index (χ0n) is 11.5. The molecule has 0 spiro atoms. The highest BCUT2D eigenvalue weighted by Gasteiger charge is 2.38. The molecule has 1 fully saturated rings. The summed E-state index contributed by atoms with van der Waals surface area (Å²) in [5, 5.41) is 6.39. The molecule has 4 rings (SSSR count). The fourth-order valence-electron chi connectivity index (χ4n) is 2.62. The molecule has 1 unspecified atom stereocenters. The number of ether oxygens (including phenoxy) is 1. The first-order valence-electron chi connectivity index (χ1n) is 6.95. The quantitative estimate of drug-likeness (QED) is 0.781. The van der Waals surface area contributed by atoms with Gasteiger partial charge in [0.2, 0.25) is 11.7 Å². The van der Waals surface area contributed by atoms with Crippen molar-refractivity contribution in [3.05, 3.63) is 48.4 Å². The van der Waals surface area contributed by atoms with Crippen molar-refractivity contribution in [2.24, 2.45) is 5.73 Å². The zero-order valence-corrected chi connectivity index (χ0v) is 11.5. The van der Waals surface area contributed by atoms with Gasteiger partial charge in [-0.3, -0.25) is 0 Å². The van der Waals surface area contributed by atoms with Gasteiger partial charge in [0.15, 0.2) is 0 Å². The summed E-state index contributed by atoms with van der Waals surface area (Å²) >= 11 is 0. The van der Waals surface area contributed by atoms with E-state index in [9.17, 15) is 0 Å². The topological polar surface area (TPSA) is 74.2 Å². The van der Waals surface area contributed by atoms with Crippen molar-refractivity contribution in [2.75, 3.05) is 13.2 Å². The van der Waals surface area contributed by atoms with Crippen LogP contribution in [0.1, 0.15) is 12.3 Å². The maximum absolute atomic E-state index is 6.24. The number of benzene rings is 2. The third kappa shape index (κ3) is 2.11. The first-order valence-corrected chi connectivity index (χ1v) is 6.95. The van der Waals surface area contributed by atoms with Gasteiger partial charge in [-0.15, -0.1) is 0 Å². The lowest BCUT2D eigenvalue weighted by atomic mass is 10.0. The van der Waals surface area contributed by atoms with Crippen LogP contribution in [0, 0.1) is 0 Å². The normalized spacial score (nSPS) is 22.0. The maximum Gasteiger partial charge on any atom is 0.249 e. The number of nitrogens with two attached hydrogens (primary N) is 1. The zero-order chi connectivity index (χ0) is 14.3. The molecule has 1 atom stereocenters. The van der Waals surface area contributed by atoms with E-state index in [-0.39, 0.29) is 0 Å². The smallest absolute Gasteiger partial charge is 0.249 e. The number of nitrogens with zero attached hydrogens (tertiary/aromatic N) is 2. The summed E-state index contributed by atoms with van der Waals surface area (Å²) in [5.41, 5.74) is 6.51. The number of fused-ring (bicyclic) bond motifs is 1. The van der Waals surface area contributed by atoms with Crippen molar-refractivity contribution in [3.8, 4) is 11.4 Å². The van der Waals surface area contributed by atoms with E-state index in [1.807, 2.05) is 18.2 Å². The fraction of sp³-hybridized carbons (Fsp3) is 0.250. The third-order valence-electron chi connectivity index (χ3n) is 3.91. The molecule has 0 bridgehead atoms. The van der Waals surface area contributed by atoms with Gasteiger partial charge in [0.1, 0.15) is 5.54 Å². The summed E-state index contributed by atoms with van der Waals surface area (Å²) in [6.07, 6.45) is 0.701. The van der Waals surface area contributed by atoms with Gasteiger partial charge in [0, 0.05) is 12.2 Å². The van der Waals surface area contributed by atoms with Crippen LogP contribution < -0.4 is 5.73 Å². The van der Waals surface area contributed by atoms with Crippen LogP contribution in [0.2, 0.25) is 0 Å². The molecule has 5 heteroatoms. The Hall–Kier alpha value is -2.24. The van der Waals surface area contributed by atoms with Crippen LogP contribution in [0.4, 0.5) is 0 Å². The van der Waals surface area contributed by atoms with E-state index in [0.29, 0.717) is 31.3 Å². The maximum atomic E-state index is 6.24. The number of hydrogen-bond donors (Lipinski definition) is 1. The van der Waals surface area contributed by atoms with Gasteiger partial charge in [0.05, 0.1) is 6.61 Å². The summed E-state index contributed by atoms with van der Waals surface area (Å²) in [4.78, 5) is 4.46. The van der Waals surface area contributed by atoms with Crippen molar-refractivity contribution >= 4 is 10.8 Å². The fourth-order valence-corrected chi connectivity index (χ4v) is 2.62. The number of hydrogen-bond acceptors (Lipinski definition) is 5. The van der Waals surface area contributed by atoms with E-state index < -0.39 is 5.54 Å². The Morgan fingerprint density at radius 2 is 1.95 bits per heavy atom. The van der Waals surface area contributed by atoms with E-state index in [1.165, 1.54) is 5.39 Å². The lowest BCUT2D eigenvalue weighted by molar-refractivity contribution is 0.166. The van der Waals surface area contributed by atoms with Crippen LogP contribution in [0.15, 0.2) is 47.0 Å². The highest BCUT2D eigenvalue weighted by atomic mass is 16.5. The van der Waals surface area contributed by atoms with Gasteiger partial charge < -0.3 is 15.0 Å². The van der Waals surface area contributed by atoms with Crippen LogP contribution in [0.5, 0.6) is 0 Å². The Morgan fingerprint density at radius 1 is 1.10 bits per heavy atom. The van der Waals surface area contributed by atoms with Crippen LogP contribution >= 0.6 is 0 Å². The predicted octanol–water partition coefficient (Wildman–Crippen LogP) is 2.46. The third-order valence-corrected chi connectivity index (χ3v) is 3.91. The molecule has 2 N–H and O–H groups in total. The Bertz CT molecular complexity index is 791. The van der Waals surface area contributed by atoms with E-state index in [4.69, 9.17) is 15.0 Å². The molecule has 2 heterocycles. The van der Waals surface area contributed by atoms with Crippen molar-refractivity contribution in [2.45, 2.75) is 12.0 Å². The molecule has 106 valence electrons. The highest BCUT2D eigenvalue weighted by Crippen LogP contribution is 2.29. The molecule has 1 aliphatic heterocycles. The second-order valence-electron chi connectivity index (χ2n) is 5.44. The van der Waals surface area contributed by atoms with Crippen LogP contribution in [0.3, 0.4) is 0 Å². The monoisotopic (exact) mass is 281 g/mol. The van der Waals surface area contributed by atoms with Gasteiger partial charge in [0.25, 0.3) is 0 Å². The second-order valence-corrected chi connectivity index (χ2v) is 5.44. The van der Waals surface area contributed by atoms with E-state index in [1.54, 1.807) is 0 Å². The largest absolute Gasteiger partial charge is 0.379 e. The molecular formula is C16H15N3O2. The molecule has 1 saturated heterocycles.